The van der Waals surface area contributed by atoms with Crippen molar-refractivity contribution in [2.24, 2.45) is 0 Å². The van der Waals surface area contributed by atoms with Crippen molar-refractivity contribution in [3.05, 3.63) is 23.7 Å². The molecule has 0 bridgehead atoms. The summed E-state index contributed by atoms with van der Waals surface area (Å²) in [5.74, 6) is -0.630. The second kappa shape index (κ2) is 6.75. The van der Waals surface area contributed by atoms with Gasteiger partial charge in [-0.2, -0.15) is 0 Å². The molecule has 1 aromatic rings. The maximum Gasteiger partial charge on any atom is 0.358 e. The molecule has 0 atom stereocenters. The zero-order chi connectivity index (χ0) is 13.5. The Bertz CT molecular complexity index is 488. The van der Waals surface area contributed by atoms with Gasteiger partial charge in [0.2, 0.25) is 0 Å². The van der Waals surface area contributed by atoms with Crippen LogP contribution < -0.4 is 5.73 Å². The number of hydrogen-bond donors (Lipinski definition) is 2. The van der Waals surface area contributed by atoms with Crippen LogP contribution >= 0.6 is 11.8 Å². The van der Waals surface area contributed by atoms with E-state index in [4.69, 9.17) is 10.8 Å². The molecule has 0 aromatic carbocycles. The zero-order valence-electron chi connectivity index (χ0n) is 9.79. The number of aromatic carboxylic acids is 1. The van der Waals surface area contributed by atoms with E-state index in [2.05, 4.69) is 9.97 Å². The van der Waals surface area contributed by atoms with Gasteiger partial charge in [-0.15, -0.1) is 0 Å². The molecule has 18 heavy (non-hydrogen) atoms. The van der Waals surface area contributed by atoms with Gasteiger partial charge in [0, 0.05) is 12.7 Å². The zero-order valence-corrected chi connectivity index (χ0v) is 10.6. The lowest BCUT2D eigenvalue weighted by Gasteiger charge is -1.99. The molecule has 0 radical (unpaired) electrons. The number of carbonyl (C=O) groups excluding carboxylic acids is 1. The van der Waals surface area contributed by atoms with Crippen LogP contribution in [0.4, 0.5) is 5.82 Å². The van der Waals surface area contributed by atoms with Gasteiger partial charge < -0.3 is 10.8 Å². The van der Waals surface area contributed by atoms with Crippen LogP contribution in [-0.4, -0.2) is 31.9 Å². The van der Waals surface area contributed by atoms with Gasteiger partial charge in [-0.05, 0) is 12.5 Å². The Balaban J connectivity index is 2.62. The summed E-state index contributed by atoms with van der Waals surface area (Å²) in [4.78, 5) is 29.1. The van der Waals surface area contributed by atoms with Crippen LogP contribution in [0.1, 0.15) is 29.5 Å². The maximum atomic E-state index is 10.8. The van der Waals surface area contributed by atoms with Gasteiger partial charge in [-0.1, -0.05) is 17.8 Å². The van der Waals surface area contributed by atoms with Crippen molar-refractivity contribution < 1.29 is 14.7 Å². The molecule has 96 valence electrons. The summed E-state index contributed by atoms with van der Waals surface area (Å²) in [5.41, 5.74) is 5.55. The van der Waals surface area contributed by atoms with Crippen molar-refractivity contribution in [3.8, 4) is 0 Å². The van der Waals surface area contributed by atoms with E-state index in [1.165, 1.54) is 24.9 Å². The summed E-state index contributed by atoms with van der Waals surface area (Å²) in [7, 11) is 0. The number of nitrogens with zero attached hydrogens (tertiary/aromatic N) is 2. The number of aromatic nitrogens is 2. The number of rotatable bonds is 5. The van der Waals surface area contributed by atoms with Gasteiger partial charge in [0.25, 0.3) is 0 Å². The number of carboxylic acid groups (broad SMARTS) is 1. The van der Waals surface area contributed by atoms with Gasteiger partial charge in [0.1, 0.15) is 0 Å². The third-order valence-corrected chi connectivity index (χ3v) is 2.75. The van der Waals surface area contributed by atoms with Crippen LogP contribution in [0.15, 0.2) is 12.3 Å². The SMILES string of the molecule is CC(=O)SCCC=Cc1cnc(N)c(C(=O)O)n1. The standard InChI is InChI=1S/C11H13N3O3S/c1-7(15)18-5-3-2-4-8-6-13-10(12)9(14-8)11(16)17/h2,4,6H,3,5H2,1H3,(H2,12,13)(H,16,17). The molecule has 0 saturated heterocycles. The molecule has 0 amide bonds. The lowest BCUT2D eigenvalue weighted by molar-refractivity contribution is -0.109. The molecule has 1 rings (SSSR count). The minimum atomic E-state index is -1.21. The van der Waals surface area contributed by atoms with Gasteiger partial charge in [-0.25, -0.2) is 14.8 Å². The Kier molecular flexibility index (Phi) is 5.31. The molecule has 1 aromatic heterocycles. The van der Waals surface area contributed by atoms with E-state index in [-0.39, 0.29) is 16.6 Å². The highest BCUT2D eigenvalue weighted by Gasteiger charge is 2.10. The molecule has 0 saturated carbocycles. The molecule has 7 heteroatoms. The van der Waals surface area contributed by atoms with Gasteiger partial charge in [0.15, 0.2) is 16.6 Å². The Labute approximate surface area is 108 Å². The summed E-state index contributed by atoms with van der Waals surface area (Å²) < 4.78 is 0. The highest BCUT2D eigenvalue weighted by Crippen LogP contribution is 2.09. The quantitative estimate of drug-likeness (QED) is 0.777. The summed E-state index contributed by atoms with van der Waals surface area (Å²) in [5, 5.41) is 8.89. The fourth-order valence-corrected chi connectivity index (χ4v) is 1.67. The first kappa shape index (κ1) is 14.2. The van der Waals surface area contributed by atoms with E-state index in [0.717, 1.165) is 0 Å². The number of allylic oxidation sites excluding steroid dienone is 1. The van der Waals surface area contributed by atoms with E-state index in [9.17, 15) is 9.59 Å². The monoisotopic (exact) mass is 267 g/mol. The molecule has 0 aliphatic heterocycles. The van der Waals surface area contributed by atoms with Crippen molar-refractivity contribution in [3.63, 3.8) is 0 Å². The van der Waals surface area contributed by atoms with E-state index in [0.29, 0.717) is 17.9 Å². The van der Waals surface area contributed by atoms with Crippen molar-refractivity contribution in [2.45, 2.75) is 13.3 Å². The van der Waals surface area contributed by atoms with Crippen molar-refractivity contribution >= 4 is 34.7 Å². The number of thioether (sulfide) groups is 1. The van der Waals surface area contributed by atoms with Gasteiger partial charge in [0.05, 0.1) is 11.9 Å². The molecule has 0 fully saturated rings. The molecule has 6 nitrogen and oxygen atoms in total. The minimum absolute atomic E-state index is 0.0730. The van der Waals surface area contributed by atoms with Crippen LogP contribution in [0.2, 0.25) is 0 Å². The smallest absolute Gasteiger partial charge is 0.358 e. The summed E-state index contributed by atoms with van der Waals surface area (Å²) >= 11 is 1.24. The van der Waals surface area contributed by atoms with Gasteiger partial charge >= 0.3 is 5.97 Å². The number of nitrogen functional groups attached to an aromatic ring is 1. The van der Waals surface area contributed by atoms with Crippen molar-refractivity contribution in [1.29, 1.82) is 0 Å². The average Bonchev–Trinajstić information content (AvgIpc) is 2.30. The summed E-state index contributed by atoms with van der Waals surface area (Å²) in [6.45, 7) is 1.51. The first-order valence-electron chi connectivity index (χ1n) is 5.16. The highest BCUT2D eigenvalue weighted by atomic mass is 32.2. The van der Waals surface area contributed by atoms with E-state index < -0.39 is 5.97 Å². The largest absolute Gasteiger partial charge is 0.476 e. The number of nitrogens with two attached hydrogens (primary N) is 1. The average molecular weight is 267 g/mol. The number of carbonyl (C=O) groups is 2. The second-order valence-corrected chi connectivity index (χ2v) is 4.64. The topological polar surface area (TPSA) is 106 Å². The van der Waals surface area contributed by atoms with Crippen LogP contribution in [0.25, 0.3) is 6.08 Å². The van der Waals surface area contributed by atoms with Crippen LogP contribution in [0.3, 0.4) is 0 Å². The van der Waals surface area contributed by atoms with Crippen molar-refractivity contribution in [2.75, 3.05) is 11.5 Å². The second-order valence-electron chi connectivity index (χ2n) is 3.36. The molecule has 0 aliphatic rings. The Morgan fingerprint density at radius 2 is 2.28 bits per heavy atom. The van der Waals surface area contributed by atoms with Crippen molar-refractivity contribution in [1.82, 2.24) is 9.97 Å². The summed E-state index contributed by atoms with van der Waals surface area (Å²) in [6.07, 6.45) is 5.55. The lowest BCUT2D eigenvalue weighted by atomic mass is 10.3. The van der Waals surface area contributed by atoms with Crippen LogP contribution in [0.5, 0.6) is 0 Å². The number of hydrogen-bond acceptors (Lipinski definition) is 6. The Morgan fingerprint density at radius 3 is 2.89 bits per heavy atom. The van der Waals surface area contributed by atoms with Crippen LogP contribution in [0, 0.1) is 0 Å². The third-order valence-electron chi connectivity index (χ3n) is 1.90. The van der Waals surface area contributed by atoms with E-state index in [1.54, 1.807) is 6.08 Å². The number of anilines is 1. The van der Waals surface area contributed by atoms with Crippen LogP contribution in [-0.2, 0) is 4.79 Å². The normalized spacial score (nSPS) is 10.7. The Hall–Kier alpha value is -1.89. The molecule has 0 aliphatic carbocycles. The molecule has 1 heterocycles. The minimum Gasteiger partial charge on any atom is -0.476 e. The molecular weight excluding hydrogens is 254 g/mol. The Morgan fingerprint density at radius 1 is 1.56 bits per heavy atom. The predicted octanol–water partition coefficient (Wildman–Crippen LogP) is 1.44. The first-order valence-corrected chi connectivity index (χ1v) is 6.15. The van der Waals surface area contributed by atoms with Gasteiger partial charge in [-0.3, -0.25) is 4.79 Å². The lowest BCUT2D eigenvalue weighted by Crippen LogP contribution is -2.08. The third kappa shape index (κ3) is 4.54. The highest BCUT2D eigenvalue weighted by molar-refractivity contribution is 8.13. The van der Waals surface area contributed by atoms with E-state index in [1.807, 2.05) is 6.08 Å². The van der Waals surface area contributed by atoms with E-state index >= 15 is 0 Å². The predicted molar refractivity (Wildman–Crippen MR) is 70.2 cm³/mol. The fourth-order valence-electron chi connectivity index (χ4n) is 1.12. The number of carboxylic acids is 1. The molecule has 0 spiro atoms. The first-order chi connectivity index (χ1) is 8.50. The molecule has 0 unspecified atom stereocenters. The maximum absolute atomic E-state index is 10.8. The summed E-state index contributed by atoms with van der Waals surface area (Å²) in [6, 6.07) is 0. The molecular formula is C11H13N3O3S. The fraction of sp³-hybridized carbons (Fsp3) is 0.273. The molecule has 3 N–H and O–H groups in total.